The quantitative estimate of drug-likeness (QED) is 0.724. The van der Waals surface area contributed by atoms with Crippen molar-refractivity contribution in [3.05, 3.63) is 34.3 Å². The number of hydrogen-bond acceptors (Lipinski definition) is 5. The molecule has 0 spiro atoms. The topological polar surface area (TPSA) is 87.0 Å². The van der Waals surface area contributed by atoms with E-state index in [1.165, 1.54) is 0 Å². The molecule has 0 bridgehead atoms. The molecule has 1 aliphatic rings. The van der Waals surface area contributed by atoms with Crippen molar-refractivity contribution in [3.8, 4) is 0 Å². The van der Waals surface area contributed by atoms with E-state index in [0.717, 1.165) is 4.47 Å². The summed E-state index contributed by atoms with van der Waals surface area (Å²) in [6.07, 6.45) is -4.88. The van der Waals surface area contributed by atoms with Gasteiger partial charge in [-0.25, -0.2) is 0 Å². The molecule has 4 atom stereocenters. The van der Waals surface area contributed by atoms with Crippen LogP contribution < -0.4 is 0 Å². The largest absolute Gasteiger partial charge is 0.394 e. The number of aliphatic hydroxyl groups is 3. The standard InChI is InChI=1S/C12H13BrO5/c13-7-3-1-2-6(4-7)12-11(17)10(16)9(15)8(5-14)18-12/h1-4,8-10,12,14-16H,5H2/t8?,9-,10?,12-/m1/s1. The lowest BCUT2D eigenvalue weighted by Gasteiger charge is -2.35. The molecule has 98 valence electrons. The number of benzene rings is 1. The summed E-state index contributed by atoms with van der Waals surface area (Å²) in [5.41, 5.74) is 0.568. The molecule has 1 heterocycles. The first kappa shape index (κ1) is 13.6. The molecular weight excluding hydrogens is 304 g/mol. The molecule has 0 amide bonds. The Morgan fingerprint density at radius 1 is 1.33 bits per heavy atom. The molecule has 18 heavy (non-hydrogen) atoms. The third-order valence-corrected chi connectivity index (χ3v) is 3.39. The first-order valence-corrected chi connectivity index (χ1v) is 6.25. The van der Waals surface area contributed by atoms with Crippen LogP contribution in [-0.4, -0.2) is 46.0 Å². The van der Waals surface area contributed by atoms with E-state index in [4.69, 9.17) is 9.84 Å². The summed E-state index contributed by atoms with van der Waals surface area (Å²) in [6.45, 7) is -0.462. The van der Waals surface area contributed by atoms with Gasteiger partial charge in [-0.2, -0.15) is 0 Å². The molecule has 3 N–H and O–H groups in total. The maximum atomic E-state index is 11.9. The Morgan fingerprint density at radius 3 is 2.67 bits per heavy atom. The van der Waals surface area contributed by atoms with Crippen LogP contribution in [-0.2, 0) is 9.53 Å². The number of Topliss-reactive ketones (excluding diaryl/α,β-unsaturated/α-hetero) is 1. The Morgan fingerprint density at radius 2 is 2.06 bits per heavy atom. The second kappa shape index (κ2) is 5.46. The van der Waals surface area contributed by atoms with Gasteiger partial charge < -0.3 is 20.1 Å². The van der Waals surface area contributed by atoms with Gasteiger partial charge in [-0.3, -0.25) is 4.79 Å². The van der Waals surface area contributed by atoms with E-state index in [1.54, 1.807) is 24.3 Å². The van der Waals surface area contributed by atoms with Crippen molar-refractivity contribution < 1.29 is 24.9 Å². The van der Waals surface area contributed by atoms with Crippen LogP contribution in [0.3, 0.4) is 0 Å². The SMILES string of the molecule is O=C1C(O)[C@H](O)C(CO)O[C@@H]1c1cccc(Br)c1. The van der Waals surface area contributed by atoms with E-state index in [9.17, 15) is 15.0 Å². The number of ketones is 1. The van der Waals surface area contributed by atoms with Crippen LogP contribution in [0, 0.1) is 0 Å². The predicted octanol–water partition coefficient (Wildman–Crippen LogP) is 0.172. The van der Waals surface area contributed by atoms with Gasteiger partial charge in [0.05, 0.1) is 6.61 Å². The molecule has 1 aromatic carbocycles. The molecule has 6 heteroatoms. The molecule has 2 rings (SSSR count). The van der Waals surface area contributed by atoms with Crippen molar-refractivity contribution in [1.29, 1.82) is 0 Å². The highest BCUT2D eigenvalue weighted by atomic mass is 79.9. The van der Waals surface area contributed by atoms with Crippen LogP contribution in [0.1, 0.15) is 11.7 Å². The van der Waals surface area contributed by atoms with Crippen molar-refractivity contribution in [2.24, 2.45) is 0 Å². The zero-order valence-corrected chi connectivity index (χ0v) is 10.9. The number of aliphatic hydroxyl groups excluding tert-OH is 3. The monoisotopic (exact) mass is 316 g/mol. The summed E-state index contributed by atoms with van der Waals surface area (Å²) >= 11 is 3.28. The van der Waals surface area contributed by atoms with E-state index < -0.39 is 36.8 Å². The Labute approximate surface area is 112 Å². The van der Waals surface area contributed by atoms with Gasteiger partial charge in [0.15, 0.2) is 5.78 Å². The average Bonchev–Trinajstić information content (AvgIpc) is 2.36. The highest BCUT2D eigenvalue weighted by Crippen LogP contribution is 2.30. The minimum Gasteiger partial charge on any atom is -0.394 e. The van der Waals surface area contributed by atoms with Crippen LogP contribution in [0.15, 0.2) is 28.7 Å². The lowest BCUT2D eigenvalue weighted by Crippen LogP contribution is -2.53. The van der Waals surface area contributed by atoms with E-state index >= 15 is 0 Å². The zero-order valence-electron chi connectivity index (χ0n) is 9.36. The minimum atomic E-state index is -1.54. The summed E-state index contributed by atoms with van der Waals surface area (Å²) in [4.78, 5) is 11.9. The molecular formula is C12H13BrO5. The maximum absolute atomic E-state index is 11.9. The molecule has 0 radical (unpaired) electrons. The molecule has 1 fully saturated rings. The van der Waals surface area contributed by atoms with E-state index in [2.05, 4.69) is 15.9 Å². The minimum absolute atomic E-state index is 0.462. The van der Waals surface area contributed by atoms with E-state index in [-0.39, 0.29) is 0 Å². The number of hydrogen-bond donors (Lipinski definition) is 3. The normalized spacial score (nSPS) is 32.6. The smallest absolute Gasteiger partial charge is 0.197 e. The van der Waals surface area contributed by atoms with Crippen LogP contribution in [0.4, 0.5) is 0 Å². The predicted molar refractivity (Wildman–Crippen MR) is 65.9 cm³/mol. The third-order valence-electron chi connectivity index (χ3n) is 2.90. The molecule has 1 aliphatic heterocycles. The van der Waals surface area contributed by atoms with Gasteiger partial charge in [-0.15, -0.1) is 0 Å². The molecule has 2 unspecified atom stereocenters. The maximum Gasteiger partial charge on any atom is 0.197 e. The highest BCUT2D eigenvalue weighted by Gasteiger charge is 2.43. The summed E-state index contributed by atoms with van der Waals surface area (Å²) < 4.78 is 6.12. The van der Waals surface area contributed by atoms with Gasteiger partial charge in [0.2, 0.25) is 0 Å². The van der Waals surface area contributed by atoms with Gasteiger partial charge in [-0.1, -0.05) is 28.1 Å². The molecule has 0 saturated carbocycles. The van der Waals surface area contributed by atoms with Crippen LogP contribution in [0.2, 0.25) is 0 Å². The number of halogens is 1. The Balaban J connectivity index is 2.30. The van der Waals surface area contributed by atoms with Gasteiger partial charge in [-0.05, 0) is 17.7 Å². The molecule has 5 nitrogen and oxygen atoms in total. The van der Waals surface area contributed by atoms with Crippen molar-refractivity contribution in [2.45, 2.75) is 24.4 Å². The second-order valence-electron chi connectivity index (χ2n) is 4.13. The van der Waals surface area contributed by atoms with Crippen LogP contribution in [0.25, 0.3) is 0 Å². The van der Waals surface area contributed by atoms with Crippen molar-refractivity contribution in [2.75, 3.05) is 6.61 Å². The van der Waals surface area contributed by atoms with Crippen molar-refractivity contribution >= 4 is 21.7 Å². The average molecular weight is 317 g/mol. The fourth-order valence-corrected chi connectivity index (χ4v) is 2.33. The van der Waals surface area contributed by atoms with Crippen LogP contribution in [0.5, 0.6) is 0 Å². The fourth-order valence-electron chi connectivity index (χ4n) is 1.91. The molecule has 1 saturated heterocycles. The highest BCUT2D eigenvalue weighted by molar-refractivity contribution is 9.10. The second-order valence-corrected chi connectivity index (χ2v) is 5.05. The van der Waals surface area contributed by atoms with Gasteiger partial charge in [0.1, 0.15) is 24.4 Å². The summed E-state index contributed by atoms with van der Waals surface area (Å²) in [6, 6.07) is 6.92. The van der Waals surface area contributed by atoms with E-state index in [0.29, 0.717) is 5.56 Å². The van der Waals surface area contributed by atoms with Gasteiger partial charge >= 0.3 is 0 Å². The Kier molecular flexibility index (Phi) is 4.14. The molecule has 0 aliphatic carbocycles. The fraction of sp³-hybridized carbons (Fsp3) is 0.417. The number of carbonyl (C=O) groups is 1. The first-order chi connectivity index (χ1) is 8.54. The van der Waals surface area contributed by atoms with Gasteiger partial charge in [0.25, 0.3) is 0 Å². The first-order valence-electron chi connectivity index (χ1n) is 5.46. The number of carbonyl (C=O) groups excluding carboxylic acids is 1. The van der Waals surface area contributed by atoms with Gasteiger partial charge in [0, 0.05) is 4.47 Å². The van der Waals surface area contributed by atoms with E-state index in [1.807, 2.05) is 0 Å². The lowest BCUT2D eigenvalue weighted by molar-refractivity contribution is -0.189. The Bertz CT molecular complexity index is 450. The number of rotatable bonds is 2. The number of ether oxygens (including phenoxy) is 1. The summed E-state index contributed by atoms with van der Waals surface area (Å²) in [7, 11) is 0. The molecule has 0 aromatic heterocycles. The van der Waals surface area contributed by atoms with Crippen LogP contribution >= 0.6 is 15.9 Å². The zero-order chi connectivity index (χ0) is 13.3. The lowest BCUT2D eigenvalue weighted by atomic mass is 9.93. The van der Waals surface area contributed by atoms with Crippen molar-refractivity contribution in [3.63, 3.8) is 0 Å². The van der Waals surface area contributed by atoms with Crippen molar-refractivity contribution in [1.82, 2.24) is 0 Å². The third kappa shape index (κ3) is 2.48. The molecule has 1 aromatic rings. The summed E-state index contributed by atoms with van der Waals surface area (Å²) in [5.74, 6) is -0.606. The summed E-state index contributed by atoms with van der Waals surface area (Å²) in [5, 5.41) is 28.3. The Hall–Kier alpha value is -0.790.